The van der Waals surface area contributed by atoms with Crippen LogP contribution >= 0.6 is 0 Å². The van der Waals surface area contributed by atoms with Crippen LogP contribution in [0.2, 0.25) is 0 Å². The van der Waals surface area contributed by atoms with E-state index in [2.05, 4.69) is 30.3 Å². The van der Waals surface area contributed by atoms with Gasteiger partial charge >= 0.3 is 0 Å². The van der Waals surface area contributed by atoms with Crippen molar-refractivity contribution in [3.8, 4) is 0 Å². The van der Waals surface area contributed by atoms with Gasteiger partial charge in [0.2, 0.25) is 0 Å². The minimum Gasteiger partial charge on any atom is -0.394 e. The third kappa shape index (κ3) is 3.31. The molecular formula is C15H26N4. The number of nitrogens with two attached hydrogens (primary N) is 1. The van der Waals surface area contributed by atoms with E-state index in [1.54, 1.807) is 5.57 Å². The van der Waals surface area contributed by atoms with E-state index >= 15 is 0 Å². The van der Waals surface area contributed by atoms with Gasteiger partial charge in [0.25, 0.3) is 0 Å². The SMILES string of the molecule is CC(C)c1nn(C)c(NCCC2=CCCCC2)c1N. The average Bonchev–Trinajstić information content (AvgIpc) is 2.68. The van der Waals surface area contributed by atoms with Crippen molar-refractivity contribution in [1.29, 1.82) is 0 Å². The Hall–Kier alpha value is -1.45. The lowest BCUT2D eigenvalue weighted by Crippen LogP contribution is -2.09. The largest absolute Gasteiger partial charge is 0.394 e. The molecule has 0 saturated heterocycles. The Balaban J connectivity index is 1.94. The quantitative estimate of drug-likeness (QED) is 0.799. The maximum Gasteiger partial charge on any atom is 0.147 e. The zero-order chi connectivity index (χ0) is 13.8. The lowest BCUT2D eigenvalue weighted by molar-refractivity contribution is 0.677. The number of rotatable bonds is 5. The first-order chi connectivity index (χ1) is 9.09. The number of anilines is 2. The molecule has 1 aliphatic rings. The standard InChI is InChI=1S/C15H26N4/c1-11(2)14-13(16)15(19(3)18-14)17-10-9-12-7-5-4-6-8-12/h7,11,17H,4-6,8-10,16H2,1-3H3. The molecule has 0 aliphatic heterocycles. The minimum atomic E-state index is 0.364. The first kappa shape index (κ1) is 14.0. The third-order valence-electron chi connectivity index (χ3n) is 3.78. The van der Waals surface area contributed by atoms with E-state index in [0.29, 0.717) is 5.92 Å². The lowest BCUT2D eigenvalue weighted by Gasteiger charge is -2.13. The smallest absolute Gasteiger partial charge is 0.147 e. The number of hydrogen-bond acceptors (Lipinski definition) is 3. The first-order valence-corrected chi connectivity index (χ1v) is 7.33. The highest BCUT2D eigenvalue weighted by molar-refractivity contribution is 5.65. The van der Waals surface area contributed by atoms with Gasteiger partial charge in [-0.1, -0.05) is 25.5 Å². The van der Waals surface area contributed by atoms with E-state index in [1.807, 2.05) is 11.7 Å². The molecule has 19 heavy (non-hydrogen) atoms. The predicted molar refractivity (Wildman–Crippen MR) is 81.4 cm³/mol. The van der Waals surface area contributed by atoms with Crippen LogP contribution in [0.4, 0.5) is 11.5 Å². The van der Waals surface area contributed by atoms with E-state index in [4.69, 9.17) is 5.73 Å². The zero-order valence-corrected chi connectivity index (χ0v) is 12.4. The Labute approximate surface area is 116 Å². The van der Waals surface area contributed by atoms with Gasteiger partial charge in [0, 0.05) is 13.6 Å². The summed E-state index contributed by atoms with van der Waals surface area (Å²) >= 11 is 0. The van der Waals surface area contributed by atoms with Crippen LogP contribution < -0.4 is 11.1 Å². The molecule has 2 rings (SSSR count). The van der Waals surface area contributed by atoms with Crippen LogP contribution in [0.5, 0.6) is 0 Å². The maximum absolute atomic E-state index is 6.16. The van der Waals surface area contributed by atoms with Crippen molar-refractivity contribution in [3.63, 3.8) is 0 Å². The number of nitrogens with one attached hydrogen (secondary N) is 1. The molecule has 1 aromatic heterocycles. The van der Waals surface area contributed by atoms with Crippen LogP contribution in [0.25, 0.3) is 0 Å². The summed E-state index contributed by atoms with van der Waals surface area (Å²) in [5, 5.41) is 7.93. The summed E-state index contributed by atoms with van der Waals surface area (Å²) in [5.74, 6) is 1.32. The van der Waals surface area contributed by atoms with Crippen molar-refractivity contribution in [3.05, 3.63) is 17.3 Å². The number of aromatic nitrogens is 2. The van der Waals surface area contributed by atoms with Crippen molar-refractivity contribution >= 4 is 11.5 Å². The highest BCUT2D eigenvalue weighted by Gasteiger charge is 2.15. The Bertz CT molecular complexity index is 457. The highest BCUT2D eigenvalue weighted by Crippen LogP contribution is 2.28. The van der Waals surface area contributed by atoms with Crippen LogP contribution in [-0.4, -0.2) is 16.3 Å². The molecule has 1 heterocycles. The Morgan fingerprint density at radius 2 is 2.21 bits per heavy atom. The molecule has 0 aromatic carbocycles. The number of nitrogens with zero attached hydrogens (tertiary/aromatic N) is 2. The fourth-order valence-corrected chi connectivity index (χ4v) is 2.67. The number of hydrogen-bond donors (Lipinski definition) is 2. The first-order valence-electron chi connectivity index (χ1n) is 7.33. The topological polar surface area (TPSA) is 55.9 Å². The van der Waals surface area contributed by atoms with E-state index in [-0.39, 0.29) is 0 Å². The van der Waals surface area contributed by atoms with Crippen LogP contribution in [0.3, 0.4) is 0 Å². The summed E-state index contributed by atoms with van der Waals surface area (Å²) < 4.78 is 1.86. The van der Waals surface area contributed by atoms with Crippen molar-refractivity contribution < 1.29 is 0 Å². The average molecular weight is 262 g/mol. The molecular weight excluding hydrogens is 236 g/mol. The van der Waals surface area contributed by atoms with Crippen LogP contribution in [0.1, 0.15) is 57.6 Å². The second-order valence-corrected chi connectivity index (χ2v) is 5.71. The van der Waals surface area contributed by atoms with E-state index in [0.717, 1.165) is 30.2 Å². The fraction of sp³-hybridized carbons (Fsp3) is 0.667. The second-order valence-electron chi connectivity index (χ2n) is 5.71. The lowest BCUT2D eigenvalue weighted by atomic mass is 9.97. The fourth-order valence-electron chi connectivity index (χ4n) is 2.67. The zero-order valence-electron chi connectivity index (χ0n) is 12.4. The van der Waals surface area contributed by atoms with Crippen molar-refractivity contribution in [2.24, 2.45) is 7.05 Å². The monoisotopic (exact) mass is 262 g/mol. The molecule has 0 radical (unpaired) electrons. The summed E-state index contributed by atoms with van der Waals surface area (Å²) in [6.45, 7) is 5.18. The summed E-state index contributed by atoms with van der Waals surface area (Å²) in [7, 11) is 1.95. The van der Waals surface area contributed by atoms with E-state index < -0.39 is 0 Å². The molecule has 0 fully saturated rings. The van der Waals surface area contributed by atoms with Gasteiger partial charge < -0.3 is 11.1 Å². The highest BCUT2D eigenvalue weighted by atomic mass is 15.3. The van der Waals surface area contributed by atoms with Crippen LogP contribution in [0.15, 0.2) is 11.6 Å². The molecule has 4 nitrogen and oxygen atoms in total. The molecule has 0 saturated carbocycles. The van der Waals surface area contributed by atoms with Gasteiger partial charge in [-0.2, -0.15) is 5.10 Å². The minimum absolute atomic E-state index is 0.364. The van der Waals surface area contributed by atoms with Gasteiger partial charge in [-0.05, 0) is 38.0 Å². The third-order valence-corrected chi connectivity index (χ3v) is 3.78. The second kappa shape index (κ2) is 6.13. The Morgan fingerprint density at radius 3 is 2.79 bits per heavy atom. The van der Waals surface area contributed by atoms with Crippen molar-refractivity contribution in [2.75, 3.05) is 17.6 Å². The van der Waals surface area contributed by atoms with Gasteiger partial charge in [-0.15, -0.1) is 0 Å². The summed E-state index contributed by atoms with van der Waals surface area (Å²) in [6, 6.07) is 0. The van der Waals surface area contributed by atoms with Gasteiger partial charge in [0.15, 0.2) is 0 Å². The molecule has 106 valence electrons. The molecule has 0 unspecified atom stereocenters. The molecule has 0 spiro atoms. The summed E-state index contributed by atoms with van der Waals surface area (Å²) in [6.07, 6.45) is 8.72. The number of nitrogen functional groups attached to an aromatic ring is 1. The molecule has 0 bridgehead atoms. The van der Waals surface area contributed by atoms with E-state index in [1.165, 1.54) is 25.7 Å². The Morgan fingerprint density at radius 1 is 1.42 bits per heavy atom. The molecule has 1 aromatic rings. The molecule has 3 N–H and O–H groups in total. The maximum atomic E-state index is 6.16. The Kier molecular flexibility index (Phi) is 4.51. The van der Waals surface area contributed by atoms with Crippen LogP contribution in [-0.2, 0) is 7.05 Å². The van der Waals surface area contributed by atoms with Gasteiger partial charge in [0.1, 0.15) is 5.82 Å². The predicted octanol–water partition coefficient (Wildman–Crippen LogP) is 3.43. The molecule has 0 atom stereocenters. The van der Waals surface area contributed by atoms with Crippen molar-refractivity contribution in [1.82, 2.24) is 9.78 Å². The number of allylic oxidation sites excluding steroid dienone is 1. The molecule has 4 heteroatoms. The summed E-state index contributed by atoms with van der Waals surface area (Å²) in [4.78, 5) is 0. The van der Waals surface area contributed by atoms with Gasteiger partial charge in [-0.25, -0.2) is 0 Å². The molecule has 0 amide bonds. The molecule has 1 aliphatic carbocycles. The van der Waals surface area contributed by atoms with Crippen LogP contribution in [0, 0.1) is 0 Å². The van der Waals surface area contributed by atoms with Gasteiger partial charge in [-0.3, -0.25) is 4.68 Å². The normalized spacial score (nSPS) is 15.7. The number of aryl methyl sites for hydroxylation is 1. The van der Waals surface area contributed by atoms with E-state index in [9.17, 15) is 0 Å². The summed E-state index contributed by atoms with van der Waals surface area (Å²) in [5.41, 5.74) is 9.54. The van der Waals surface area contributed by atoms with Crippen molar-refractivity contribution in [2.45, 2.75) is 51.9 Å². The van der Waals surface area contributed by atoms with Gasteiger partial charge in [0.05, 0.1) is 11.4 Å².